The van der Waals surface area contributed by atoms with Gasteiger partial charge in [-0.15, -0.1) is 0 Å². The van der Waals surface area contributed by atoms with Gasteiger partial charge in [-0.1, -0.05) is 37.6 Å². The molecule has 0 aromatic heterocycles. The molecule has 0 bridgehead atoms. The third-order valence-electron chi connectivity index (χ3n) is 4.26. The van der Waals surface area contributed by atoms with Gasteiger partial charge in [0.25, 0.3) is 0 Å². The van der Waals surface area contributed by atoms with Gasteiger partial charge in [0.05, 0.1) is 14.2 Å². The lowest BCUT2D eigenvalue weighted by molar-refractivity contribution is 0.107. The molecule has 130 valence electrons. The zero-order valence-electron chi connectivity index (χ0n) is 14.9. The summed E-state index contributed by atoms with van der Waals surface area (Å²) in [6, 6.07) is 5.10. The van der Waals surface area contributed by atoms with E-state index in [9.17, 15) is 9.36 Å². The lowest BCUT2D eigenvalue weighted by atomic mass is 9.80. The Balaban J connectivity index is 2.26. The number of methoxy groups -OCH3 is 2. The number of rotatable bonds is 6. The number of hydrogen-bond acceptors (Lipinski definition) is 4. The molecule has 0 fully saturated rings. The van der Waals surface area contributed by atoms with Crippen LogP contribution in [0.3, 0.4) is 0 Å². The largest absolute Gasteiger partial charge is 0.496 e. The molecule has 1 aliphatic rings. The average Bonchev–Trinajstić information content (AvgIpc) is 2.55. The second-order valence-corrected chi connectivity index (χ2v) is 8.42. The number of benzene rings is 1. The Morgan fingerprint density at radius 2 is 1.79 bits per heavy atom. The van der Waals surface area contributed by atoms with Crippen LogP contribution in [-0.4, -0.2) is 25.9 Å². The smallest absolute Gasteiger partial charge is 0.226 e. The Kier molecular flexibility index (Phi) is 5.71. The first-order valence-electron chi connectivity index (χ1n) is 7.95. The van der Waals surface area contributed by atoms with E-state index in [1.54, 1.807) is 18.2 Å². The van der Waals surface area contributed by atoms with Crippen LogP contribution < -0.4 is 9.47 Å². The highest BCUT2D eigenvalue weighted by Crippen LogP contribution is 2.41. The number of ether oxygens (including phenoxy) is 2. The summed E-state index contributed by atoms with van der Waals surface area (Å²) in [7, 11) is 0.465. The molecule has 5 heteroatoms. The summed E-state index contributed by atoms with van der Waals surface area (Å²) < 4.78 is 23.2. The number of allylic oxidation sites excluding steroid dienone is 4. The molecule has 1 aromatic rings. The summed E-state index contributed by atoms with van der Waals surface area (Å²) in [5.41, 5.74) is 2.18. The van der Waals surface area contributed by atoms with Crippen molar-refractivity contribution in [3.05, 3.63) is 47.1 Å². The van der Waals surface area contributed by atoms with Crippen molar-refractivity contribution in [1.29, 1.82) is 0 Å². The van der Waals surface area contributed by atoms with E-state index >= 15 is 0 Å². The maximum Gasteiger partial charge on any atom is 0.226 e. The number of hydrogen-bond donors (Lipinski definition) is 0. The summed E-state index contributed by atoms with van der Waals surface area (Å²) in [5.74, 6) is 0.785. The highest BCUT2D eigenvalue weighted by molar-refractivity contribution is 7.64. The van der Waals surface area contributed by atoms with Crippen LogP contribution in [0.4, 0.5) is 0 Å². The van der Waals surface area contributed by atoms with Gasteiger partial charge in [0, 0.05) is 6.16 Å². The molecule has 4 nitrogen and oxygen atoms in total. The topological polar surface area (TPSA) is 52.6 Å². The number of carbonyl (C=O) groups excluding carboxylic acids is 1. The Hall–Kier alpha value is -1.80. The van der Waals surface area contributed by atoms with Crippen molar-refractivity contribution >= 4 is 13.3 Å². The summed E-state index contributed by atoms with van der Waals surface area (Å²) >= 11 is 0. The van der Waals surface area contributed by atoms with Gasteiger partial charge in [-0.25, -0.2) is 0 Å². The van der Waals surface area contributed by atoms with Gasteiger partial charge in [0.1, 0.15) is 24.9 Å². The maximum absolute atomic E-state index is 12.7. The molecule has 2 rings (SSSR count). The molecule has 0 spiro atoms. The molecule has 0 radical (unpaired) electrons. The molecule has 0 saturated carbocycles. The van der Waals surface area contributed by atoms with Gasteiger partial charge in [0.2, 0.25) is 5.52 Å². The second kappa shape index (κ2) is 7.40. The minimum Gasteiger partial charge on any atom is -0.496 e. The maximum atomic E-state index is 12.7. The monoisotopic (exact) mass is 348 g/mol. The van der Waals surface area contributed by atoms with Crippen molar-refractivity contribution in [2.24, 2.45) is 5.41 Å². The molecular weight excluding hydrogens is 323 g/mol. The Morgan fingerprint density at radius 1 is 1.21 bits per heavy atom. The molecule has 1 aliphatic carbocycles. The molecular formula is C19H25O4P. The van der Waals surface area contributed by atoms with E-state index in [0.29, 0.717) is 11.5 Å². The van der Waals surface area contributed by atoms with Crippen molar-refractivity contribution < 1.29 is 18.8 Å². The van der Waals surface area contributed by atoms with E-state index in [2.05, 4.69) is 19.9 Å². The van der Waals surface area contributed by atoms with Crippen molar-refractivity contribution in [3.63, 3.8) is 0 Å². The summed E-state index contributed by atoms with van der Waals surface area (Å²) in [6.45, 7) is 6.37. The van der Waals surface area contributed by atoms with E-state index in [-0.39, 0.29) is 17.1 Å². The Bertz CT molecular complexity index is 707. The van der Waals surface area contributed by atoms with Crippen LogP contribution in [0, 0.1) is 5.41 Å². The van der Waals surface area contributed by atoms with E-state index in [1.807, 2.05) is 13.0 Å². The van der Waals surface area contributed by atoms with Gasteiger partial charge in [-0.3, -0.25) is 4.79 Å². The van der Waals surface area contributed by atoms with Gasteiger partial charge >= 0.3 is 0 Å². The van der Waals surface area contributed by atoms with Crippen LogP contribution in [0.1, 0.15) is 37.6 Å². The van der Waals surface area contributed by atoms with Crippen LogP contribution in [0.25, 0.3) is 0 Å². The van der Waals surface area contributed by atoms with Crippen LogP contribution in [0.2, 0.25) is 0 Å². The highest BCUT2D eigenvalue weighted by Gasteiger charge is 2.26. The van der Waals surface area contributed by atoms with E-state index in [4.69, 9.17) is 9.47 Å². The first-order valence-corrected chi connectivity index (χ1v) is 9.57. The molecule has 0 saturated heterocycles. The highest BCUT2D eigenvalue weighted by atomic mass is 31.1. The normalized spacial score (nSPS) is 17.5. The number of carbonyl (C=O) groups is 1. The predicted octanol–water partition coefficient (Wildman–Crippen LogP) is 4.71. The Labute approximate surface area is 144 Å². The van der Waals surface area contributed by atoms with Crippen LogP contribution in [0.15, 0.2) is 41.5 Å². The first kappa shape index (κ1) is 18.5. The zero-order chi connectivity index (χ0) is 17.9. The minimum absolute atomic E-state index is 0.110. The standard InChI is InChI=1S/C19H25O4P/c1-13-11-19(2,3)10-9-14(13)12-24(21)18(20)17-15(22-4)7-6-8-16(17)23-5/h6-10,24H,11-12H2,1-5H3. The lowest BCUT2D eigenvalue weighted by Crippen LogP contribution is -2.13. The molecule has 0 N–H and O–H groups in total. The first-order chi connectivity index (χ1) is 11.3. The van der Waals surface area contributed by atoms with Crippen molar-refractivity contribution in [2.75, 3.05) is 20.4 Å². The minimum atomic E-state index is -2.51. The molecule has 1 unspecified atom stereocenters. The van der Waals surface area contributed by atoms with E-state index < -0.39 is 13.3 Å². The third-order valence-corrected chi connectivity index (χ3v) is 5.72. The van der Waals surface area contributed by atoms with Crippen LogP contribution in [0.5, 0.6) is 11.5 Å². The Morgan fingerprint density at radius 3 is 2.29 bits per heavy atom. The van der Waals surface area contributed by atoms with Gasteiger partial charge in [-0.05, 0) is 36.5 Å². The molecule has 1 atom stereocenters. The summed E-state index contributed by atoms with van der Waals surface area (Å²) in [6.07, 6.45) is 5.33. The van der Waals surface area contributed by atoms with Crippen molar-refractivity contribution in [1.82, 2.24) is 0 Å². The molecule has 0 aliphatic heterocycles. The molecule has 24 heavy (non-hydrogen) atoms. The third kappa shape index (κ3) is 3.99. The SMILES string of the molecule is COc1cccc(OC)c1C(=O)[PH](=O)CC1=C(C)CC(C)(C)C=C1. The van der Waals surface area contributed by atoms with Crippen LogP contribution in [-0.2, 0) is 4.57 Å². The molecule has 1 aromatic carbocycles. The van der Waals surface area contributed by atoms with Gasteiger partial charge < -0.3 is 14.0 Å². The fourth-order valence-electron chi connectivity index (χ4n) is 3.00. The van der Waals surface area contributed by atoms with E-state index in [0.717, 1.165) is 12.0 Å². The molecule has 0 amide bonds. The van der Waals surface area contributed by atoms with Crippen molar-refractivity contribution in [3.8, 4) is 11.5 Å². The molecule has 0 heterocycles. The summed E-state index contributed by atoms with van der Waals surface area (Å²) in [5, 5.41) is 0. The average molecular weight is 348 g/mol. The van der Waals surface area contributed by atoms with Gasteiger partial charge in [0.15, 0.2) is 0 Å². The fourth-order valence-corrected chi connectivity index (χ4v) is 4.45. The lowest BCUT2D eigenvalue weighted by Gasteiger charge is -2.26. The quantitative estimate of drug-likeness (QED) is 0.699. The zero-order valence-corrected chi connectivity index (χ0v) is 15.9. The van der Waals surface area contributed by atoms with Crippen LogP contribution >= 0.6 is 7.80 Å². The predicted molar refractivity (Wildman–Crippen MR) is 98.0 cm³/mol. The van der Waals surface area contributed by atoms with Gasteiger partial charge in [-0.2, -0.15) is 0 Å². The summed E-state index contributed by atoms with van der Waals surface area (Å²) in [4.78, 5) is 12.7. The fraction of sp³-hybridized carbons (Fsp3) is 0.421. The van der Waals surface area contributed by atoms with Crippen molar-refractivity contribution in [2.45, 2.75) is 27.2 Å². The second-order valence-electron chi connectivity index (χ2n) is 6.77. The van der Waals surface area contributed by atoms with E-state index in [1.165, 1.54) is 19.8 Å².